The summed E-state index contributed by atoms with van der Waals surface area (Å²) in [5.74, 6) is 1.20. The van der Waals surface area contributed by atoms with Gasteiger partial charge in [-0.3, -0.25) is 4.79 Å². The van der Waals surface area contributed by atoms with Crippen LogP contribution in [-0.4, -0.2) is 15.5 Å². The van der Waals surface area contributed by atoms with Gasteiger partial charge in [0.2, 0.25) is 5.91 Å². The molecule has 0 N–H and O–H groups in total. The van der Waals surface area contributed by atoms with E-state index in [1.54, 1.807) is 6.20 Å². The first-order chi connectivity index (χ1) is 14.1. The van der Waals surface area contributed by atoms with Gasteiger partial charge in [0.25, 0.3) is 0 Å². The second-order valence-corrected chi connectivity index (χ2v) is 8.11. The van der Waals surface area contributed by atoms with E-state index >= 15 is 0 Å². The third-order valence-corrected chi connectivity index (χ3v) is 6.01. The van der Waals surface area contributed by atoms with Crippen molar-refractivity contribution in [2.24, 2.45) is 7.05 Å². The molecular formula is C25H29N3O. The van der Waals surface area contributed by atoms with Gasteiger partial charge in [-0.25, -0.2) is 4.98 Å². The summed E-state index contributed by atoms with van der Waals surface area (Å²) in [6.45, 7) is 2.61. The Balaban J connectivity index is 1.61. The summed E-state index contributed by atoms with van der Waals surface area (Å²) in [7, 11) is 1.98. The minimum Gasteiger partial charge on any atom is -0.337 e. The van der Waals surface area contributed by atoms with Crippen molar-refractivity contribution >= 4 is 11.6 Å². The summed E-state index contributed by atoms with van der Waals surface area (Å²) >= 11 is 0. The van der Waals surface area contributed by atoms with Crippen LogP contribution < -0.4 is 4.90 Å². The Bertz CT molecular complexity index is 977. The lowest BCUT2D eigenvalue weighted by atomic mass is 9.91. The van der Waals surface area contributed by atoms with Gasteiger partial charge in [-0.05, 0) is 60.4 Å². The topological polar surface area (TPSA) is 38.1 Å². The van der Waals surface area contributed by atoms with Gasteiger partial charge in [0, 0.05) is 31.5 Å². The molecule has 0 spiro atoms. The van der Waals surface area contributed by atoms with Crippen LogP contribution in [0.25, 0.3) is 0 Å². The van der Waals surface area contributed by atoms with Crippen LogP contribution in [0.2, 0.25) is 0 Å². The van der Waals surface area contributed by atoms with Crippen molar-refractivity contribution in [3.05, 3.63) is 83.4 Å². The molecule has 4 rings (SSSR count). The molecule has 150 valence electrons. The number of carbonyl (C=O) groups is 1. The van der Waals surface area contributed by atoms with Crippen LogP contribution in [0.15, 0.2) is 60.9 Å². The van der Waals surface area contributed by atoms with Gasteiger partial charge in [0.05, 0.1) is 6.54 Å². The summed E-state index contributed by atoms with van der Waals surface area (Å²) in [4.78, 5) is 19.8. The van der Waals surface area contributed by atoms with Gasteiger partial charge >= 0.3 is 0 Å². The molecule has 29 heavy (non-hydrogen) atoms. The third-order valence-electron chi connectivity index (χ3n) is 6.01. The second-order valence-electron chi connectivity index (χ2n) is 8.11. The number of hydrogen-bond donors (Lipinski definition) is 0. The van der Waals surface area contributed by atoms with E-state index in [4.69, 9.17) is 0 Å². The average Bonchev–Trinajstić information content (AvgIpc) is 3.16. The number of carbonyl (C=O) groups excluding carboxylic acids is 1. The van der Waals surface area contributed by atoms with Crippen molar-refractivity contribution in [2.75, 3.05) is 4.90 Å². The highest BCUT2D eigenvalue weighted by atomic mass is 16.2. The number of imidazole rings is 1. The summed E-state index contributed by atoms with van der Waals surface area (Å²) in [6, 6.07) is 16.8. The van der Waals surface area contributed by atoms with Crippen molar-refractivity contribution in [2.45, 2.75) is 51.5 Å². The molecule has 3 aromatic rings. The predicted molar refractivity (Wildman–Crippen MR) is 117 cm³/mol. The number of rotatable bonds is 6. The van der Waals surface area contributed by atoms with Crippen molar-refractivity contribution in [1.82, 2.24) is 9.55 Å². The highest BCUT2D eigenvalue weighted by Crippen LogP contribution is 2.29. The predicted octanol–water partition coefficient (Wildman–Crippen LogP) is 5.03. The SMILES string of the molecule is C[C@@H](CC(=O)N(Cc1nccn1C)c1ccc2c(c1)CCCC2)c1ccccc1. The minimum absolute atomic E-state index is 0.139. The Morgan fingerprint density at radius 3 is 2.59 bits per heavy atom. The van der Waals surface area contributed by atoms with E-state index in [2.05, 4.69) is 42.2 Å². The molecule has 0 radical (unpaired) electrons. The maximum absolute atomic E-state index is 13.4. The standard InChI is InChI=1S/C25H29N3O/c1-19(20-8-4-3-5-9-20)16-25(29)28(18-24-26-14-15-27(24)2)23-13-12-21-10-6-7-11-22(21)17-23/h3-5,8-9,12-15,17,19H,6-7,10-11,16,18H2,1-2H3/t19-/m0/s1. The first kappa shape index (κ1) is 19.4. The number of aromatic nitrogens is 2. The number of nitrogens with zero attached hydrogens (tertiary/aromatic N) is 3. The van der Waals surface area contributed by atoms with E-state index in [0.717, 1.165) is 24.4 Å². The first-order valence-electron chi connectivity index (χ1n) is 10.5. The van der Waals surface area contributed by atoms with Crippen molar-refractivity contribution < 1.29 is 4.79 Å². The molecule has 0 unspecified atom stereocenters. The van der Waals surface area contributed by atoms with Crippen molar-refractivity contribution in [3.8, 4) is 0 Å². The quantitative estimate of drug-likeness (QED) is 0.595. The molecule has 2 aromatic carbocycles. The molecule has 1 amide bonds. The molecule has 0 bridgehead atoms. The van der Waals surface area contributed by atoms with E-state index in [1.165, 1.54) is 29.5 Å². The molecular weight excluding hydrogens is 358 g/mol. The highest BCUT2D eigenvalue weighted by Gasteiger charge is 2.22. The van der Waals surface area contributed by atoms with Gasteiger partial charge in [-0.1, -0.05) is 43.3 Å². The Morgan fingerprint density at radius 1 is 1.10 bits per heavy atom. The summed E-state index contributed by atoms with van der Waals surface area (Å²) in [5, 5.41) is 0. The normalized spacial score (nSPS) is 14.3. The van der Waals surface area contributed by atoms with Gasteiger partial charge < -0.3 is 9.47 Å². The van der Waals surface area contributed by atoms with Crippen molar-refractivity contribution in [1.29, 1.82) is 0 Å². The Morgan fingerprint density at radius 2 is 1.86 bits per heavy atom. The highest BCUT2D eigenvalue weighted by molar-refractivity contribution is 5.93. The minimum atomic E-state index is 0.139. The molecule has 0 aliphatic heterocycles. The molecule has 0 fully saturated rings. The molecule has 1 aromatic heterocycles. The smallest absolute Gasteiger partial charge is 0.228 e. The van der Waals surface area contributed by atoms with Crippen LogP contribution in [0.3, 0.4) is 0 Å². The molecule has 4 heteroatoms. The number of amides is 1. The monoisotopic (exact) mass is 387 g/mol. The fourth-order valence-electron chi connectivity index (χ4n) is 4.17. The largest absolute Gasteiger partial charge is 0.337 e. The maximum atomic E-state index is 13.4. The zero-order chi connectivity index (χ0) is 20.2. The van der Waals surface area contributed by atoms with E-state index in [1.807, 2.05) is 40.9 Å². The Labute approximate surface area is 173 Å². The molecule has 0 saturated carbocycles. The summed E-state index contributed by atoms with van der Waals surface area (Å²) in [5.41, 5.74) is 5.01. The van der Waals surface area contributed by atoms with Crippen LogP contribution in [0.4, 0.5) is 5.69 Å². The van der Waals surface area contributed by atoms with Crippen molar-refractivity contribution in [3.63, 3.8) is 0 Å². The van der Waals surface area contributed by atoms with Gasteiger partial charge in [-0.15, -0.1) is 0 Å². The van der Waals surface area contributed by atoms with E-state index in [9.17, 15) is 4.79 Å². The number of hydrogen-bond acceptors (Lipinski definition) is 2. The van der Waals surface area contributed by atoms with E-state index in [-0.39, 0.29) is 11.8 Å². The van der Waals surface area contributed by atoms with Crippen LogP contribution >= 0.6 is 0 Å². The third kappa shape index (κ3) is 4.42. The lowest BCUT2D eigenvalue weighted by Gasteiger charge is -2.26. The molecule has 0 saturated heterocycles. The zero-order valence-corrected chi connectivity index (χ0v) is 17.3. The Hall–Kier alpha value is -2.88. The number of aryl methyl sites for hydroxylation is 3. The van der Waals surface area contributed by atoms with Gasteiger partial charge in [0.15, 0.2) is 0 Å². The first-order valence-corrected chi connectivity index (χ1v) is 10.5. The maximum Gasteiger partial charge on any atom is 0.228 e. The molecule has 1 aliphatic rings. The molecule has 4 nitrogen and oxygen atoms in total. The zero-order valence-electron chi connectivity index (χ0n) is 17.3. The summed E-state index contributed by atoms with van der Waals surface area (Å²) in [6.07, 6.45) is 8.94. The molecule has 1 aliphatic carbocycles. The average molecular weight is 388 g/mol. The number of fused-ring (bicyclic) bond motifs is 1. The summed E-state index contributed by atoms with van der Waals surface area (Å²) < 4.78 is 1.99. The lowest BCUT2D eigenvalue weighted by molar-refractivity contribution is -0.119. The lowest BCUT2D eigenvalue weighted by Crippen LogP contribution is -2.32. The van der Waals surface area contributed by atoms with E-state index in [0.29, 0.717) is 13.0 Å². The number of anilines is 1. The van der Waals surface area contributed by atoms with Crippen LogP contribution in [-0.2, 0) is 31.2 Å². The second kappa shape index (κ2) is 8.64. The van der Waals surface area contributed by atoms with E-state index < -0.39 is 0 Å². The van der Waals surface area contributed by atoms with Gasteiger partial charge in [-0.2, -0.15) is 0 Å². The molecule has 1 atom stereocenters. The van der Waals surface area contributed by atoms with Gasteiger partial charge in [0.1, 0.15) is 5.82 Å². The van der Waals surface area contributed by atoms with Crippen LogP contribution in [0.1, 0.15) is 54.6 Å². The van der Waals surface area contributed by atoms with Crippen LogP contribution in [0, 0.1) is 0 Å². The fourth-order valence-corrected chi connectivity index (χ4v) is 4.17. The molecule has 1 heterocycles. The van der Waals surface area contributed by atoms with Crippen LogP contribution in [0.5, 0.6) is 0 Å². The number of benzene rings is 2. The fraction of sp³-hybridized carbons (Fsp3) is 0.360. The Kier molecular flexibility index (Phi) is 5.79.